The number of aromatic nitrogens is 3. The molecule has 0 amide bonds. The molecular formula is C12H6BrF2N3. The third kappa shape index (κ3) is 1.88. The summed E-state index contributed by atoms with van der Waals surface area (Å²) in [6, 6.07) is 7.20. The number of pyridine rings is 1. The lowest BCUT2D eigenvalue weighted by molar-refractivity contribution is 0.509. The van der Waals surface area contributed by atoms with Crippen LogP contribution >= 0.6 is 15.9 Å². The van der Waals surface area contributed by atoms with E-state index in [9.17, 15) is 8.78 Å². The van der Waals surface area contributed by atoms with E-state index < -0.39 is 11.6 Å². The topological polar surface area (TPSA) is 30.2 Å². The van der Waals surface area contributed by atoms with E-state index in [0.717, 1.165) is 16.6 Å². The maximum atomic E-state index is 13.1. The minimum Gasteiger partial charge on any atom is -0.220 e. The van der Waals surface area contributed by atoms with Crippen LogP contribution in [-0.4, -0.2) is 14.6 Å². The zero-order valence-corrected chi connectivity index (χ0v) is 10.5. The summed E-state index contributed by atoms with van der Waals surface area (Å²) in [5, 5.41) is 4.19. The van der Waals surface area contributed by atoms with Gasteiger partial charge in [0.25, 0.3) is 0 Å². The third-order valence-corrected chi connectivity index (χ3v) is 2.97. The Bertz CT molecular complexity index is 739. The molecule has 1 aromatic carbocycles. The van der Waals surface area contributed by atoms with E-state index in [1.165, 1.54) is 6.07 Å². The number of fused-ring (bicyclic) bond motifs is 1. The molecule has 3 aromatic rings. The molecular weight excluding hydrogens is 304 g/mol. The first-order valence-corrected chi connectivity index (χ1v) is 5.90. The van der Waals surface area contributed by atoms with Crippen molar-refractivity contribution in [3.05, 3.63) is 52.6 Å². The minimum absolute atomic E-state index is 0.354. The highest BCUT2D eigenvalue weighted by molar-refractivity contribution is 9.10. The van der Waals surface area contributed by atoms with E-state index in [0.29, 0.717) is 17.0 Å². The Morgan fingerprint density at radius 3 is 2.67 bits per heavy atom. The van der Waals surface area contributed by atoms with Crippen molar-refractivity contribution in [2.24, 2.45) is 0 Å². The Morgan fingerprint density at radius 1 is 1.06 bits per heavy atom. The molecule has 0 N–H and O–H groups in total. The first-order valence-electron chi connectivity index (χ1n) is 5.11. The van der Waals surface area contributed by atoms with Gasteiger partial charge in [-0.2, -0.15) is 0 Å². The van der Waals surface area contributed by atoms with Crippen molar-refractivity contribution in [2.45, 2.75) is 0 Å². The zero-order valence-electron chi connectivity index (χ0n) is 8.94. The van der Waals surface area contributed by atoms with Crippen LogP contribution in [0.1, 0.15) is 0 Å². The van der Waals surface area contributed by atoms with Crippen LogP contribution in [0.15, 0.2) is 41.0 Å². The van der Waals surface area contributed by atoms with Gasteiger partial charge >= 0.3 is 0 Å². The molecule has 0 spiro atoms. The van der Waals surface area contributed by atoms with Crippen LogP contribution in [0, 0.1) is 11.6 Å². The van der Waals surface area contributed by atoms with Gasteiger partial charge in [-0.05, 0) is 30.3 Å². The van der Waals surface area contributed by atoms with Crippen molar-refractivity contribution >= 4 is 21.6 Å². The molecule has 18 heavy (non-hydrogen) atoms. The second kappa shape index (κ2) is 4.13. The summed E-state index contributed by atoms with van der Waals surface area (Å²) in [6.45, 7) is 0. The fraction of sp³-hybridized carbons (Fsp3) is 0. The van der Waals surface area contributed by atoms with Crippen LogP contribution in [-0.2, 0) is 0 Å². The molecule has 0 aliphatic rings. The van der Waals surface area contributed by atoms with E-state index in [1.54, 1.807) is 16.8 Å². The van der Waals surface area contributed by atoms with Crippen LogP contribution < -0.4 is 0 Å². The summed E-state index contributed by atoms with van der Waals surface area (Å²) in [4.78, 5) is 4.25. The number of rotatable bonds is 1. The average molecular weight is 310 g/mol. The number of nitrogens with zero attached hydrogens (tertiary/aromatic N) is 3. The molecule has 2 heterocycles. The first kappa shape index (κ1) is 11.3. The Kier molecular flexibility index (Phi) is 2.59. The van der Waals surface area contributed by atoms with Crippen molar-refractivity contribution in [2.75, 3.05) is 0 Å². The second-order valence-corrected chi connectivity index (χ2v) is 4.63. The number of benzene rings is 1. The van der Waals surface area contributed by atoms with Crippen LogP contribution in [0.3, 0.4) is 0 Å². The van der Waals surface area contributed by atoms with Crippen molar-refractivity contribution < 1.29 is 8.78 Å². The molecule has 3 nitrogen and oxygen atoms in total. The summed E-state index contributed by atoms with van der Waals surface area (Å²) in [7, 11) is 0. The lowest BCUT2D eigenvalue weighted by Crippen LogP contribution is -1.88. The molecule has 90 valence electrons. The van der Waals surface area contributed by atoms with Gasteiger partial charge in [-0.25, -0.2) is 18.3 Å². The molecule has 0 aliphatic heterocycles. The average Bonchev–Trinajstić information content (AvgIpc) is 2.75. The number of hydrogen-bond donors (Lipinski definition) is 0. The molecule has 0 atom stereocenters. The van der Waals surface area contributed by atoms with Crippen LogP contribution in [0.2, 0.25) is 0 Å². The molecule has 0 aliphatic carbocycles. The van der Waals surface area contributed by atoms with E-state index in [4.69, 9.17) is 0 Å². The van der Waals surface area contributed by atoms with Crippen LogP contribution in [0.4, 0.5) is 8.78 Å². The van der Waals surface area contributed by atoms with Crippen molar-refractivity contribution in [1.82, 2.24) is 14.6 Å². The lowest BCUT2D eigenvalue weighted by Gasteiger charge is -1.95. The Morgan fingerprint density at radius 2 is 1.89 bits per heavy atom. The minimum atomic E-state index is -0.910. The summed E-state index contributed by atoms with van der Waals surface area (Å²) < 4.78 is 28.4. The monoisotopic (exact) mass is 309 g/mol. The second-order valence-electron chi connectivity index (χ2n) is 3.71. The molecule has 3 rings (SSSR count). The predicted octanol–water partition coefficient (Wildman–Crippen LogP) is 3.44. The fourth-order valence-corrected chi connectivity index (χ4v) is 1.94. The van der Waals surface area contributed by atoms with Crippen molar-refractivity contribution in [3.63, 3.8) is 0 Å². The Labute approximate surface area is 109 Å². The smallest absolute Gasteiger partial charge is 0.182 e. The predicted molar refractivity (Wildman–Crippen MR) is 66.0 cm³/mol. The summed E-state index contributed by atoms with van der Waals surface area (Å²) >= 11 is 3.33. The number of hydrogen-bond acceptors (Lipinski definition) is 2. The zero-order chi connectivity index (χ0) is 12.7. The summed E-state index contributed by atoms with van der Waals surface area (Å²) in [5.74, 6) is -1.44. The third-order valence-electron chi connectivity index (χ3n) is 2.48. The summed E-state index contributed by atoms with van der Waals surface area (Å²) in [6.07, 6.45) is 1.73. The van der Waals surface area contributed by atoms with Gasteiger partial charge in [-0.3, -0.25) is 0 Å². The standard InChI is InChI=1S/C12H6BrF2N3/c13-8-3-4-18-11(6-8)16-12(17-18)7-1-2-9(14)10(15)5-7/h1-6H. The highest BCUT2D eigenvalue weighted by Crippen LogP contribution is 2.20. The molecule has 0 saturated heterocycles. The van der Waals surface area contributed by atoms with Gasteiger partial charge < -0.3 is 0 Å². The van der Waals surface area contributed by atoms with Gasteiger partial charge in [-0.1, -0.05) is 15.9 Å². The first-order chi connectivity index (χ1) is 8.63. The van der Waals surface area contributed by atoms with E-state index in [-0.39, 0.29) is 0 Å². The largest absolute Gasteiger partial charge is 0.220 e. The van der Waals surface area contributed by atoms with Gasteiger partial charge in [-0.15, -0.1) is 5.10 Å². The van der Waals surface area contributed by atoms with Gasteiger partial charge in [0.2, 0.25) is 0 Å². The van der Waals surface area contributed by atoms with Gasteiger partial charge in [0.1, 0.15) is 0 Å². The summed E-state index contributed by atoms with van der Waals surface area (Å²) in [5.41, 5.74) is 1.07. The van der Waals surface area contributed by atoms with Crippen LogP contribution in [0.25, 0.3) is 17.0 Å². The molecule has 0 radical (unpaired) electrons. The molecule has 0 fully saturated rings. The fourth-order valence-electron chi connectivity index (χ4n) is 1.61. The maximum Gasteiger partial charge on any atom is 0.182 e. The van der Waals surface area contributed by atoms with Gasteiger partial charge in [0.15, 0.2) is 23.1 Å². The molecule has 0 bridgehead atoms. The number of halogens is 3. The Hall–Kier alpha value is -1.82. The SMILES string of the molecule is Fc1ccc(-c2nc3cc(Br)ccn3n2)cc1F. The van der Waals surface area contributed by atoms with Gasteiger partial charge in [0, 0.05) is 16.2 Å². The molecule has 2 aromatic heterocycles. The normalized spacial score (nSPS) is 11.1. The van der Waals surface area contributed by atoms with Crippen LogP contribution in [0.5, 0.6) is 0 Å². The van der Waals surface area contributed by atoms with Crippen molar-refractivity contribution in [1.29, 1.82) is 0 Å². The molecule has 0 saturated carbocycles. The highest BCUT2D eigenvalue weighted by Gasteiger charge is 2.09. The lowest BCUT2D eigenvalue weighted by atomic mass is 10.2. The van der Waals surface area contributed by atoms with E-state index in [1.807, 2.05) is 6.07 Å². The molecule has 0 unspecified atom stereocenters. The van der Waals surface area contributed by atoms with Gasteiger partial charge in [0.05, 0.1) is 0 Å². The Balaban J connectivity index is 2.16. The quantitative estimate of drug-likeness (QED) is 0.689. The molecule has 6 heteroatoms. The van der Waals surface area contributed by atoms with E-state index >= 15 is 0 Å². The van der Waals surface area contributed by atoms with Crippen molar-refractivity contribution in [3.8, 4) is 11.4 Å². The maximum absolute atomic E-state index is 13.1. The van der Waals surface area contributed by atoms with E-state index in [2.05, 4.69) is 26.0 Å². The highest BCUT2D eigenvalue weighted by atomic mass is 79.9.